The number of benzene rings is 2. The van der Waals surface area contributed by atoms with Crippen molar-refractivity contribution in [3.05, 3.63) is 52.8 Å². The Hall–Kier alpha value is -2.60. The van der Waals surface area contributed by atoms with Gasteiger partial charge in [0.25, 0.3) is 25.8 Å². The lowest BCUT2D eigenvalue weighted by atomic mass is 10.2. The van der Waals surface area contributed by atoms with Gasteiger partial charge in [-0.25, -0.2) is 4.98 Å². The lowest BCUT2D eigenvalue weighted by Gasteiger charge is -2.09. The van der Waals surface area contributed by atoms with E-state index in [1.807, 2.05) is 0 Å². The normalized spacial score (nSPS) is 12.4. The molecule has 0 aliphatic rings. The highest BCUT2D eigenvalue weighted by molar-refractivity contribution is 7.86. The zero-order chi connectivity index (χ0) is 18.4. The van der Waals surface area contributed by atoms with Crippen LogP contribution in [-0.2, 0) is 20.2 Å². The molecule has 0 spiro atoms. The van der Waals surface area contributed by atoms with Crippen LogP contribution < -0.4 is 5.56 Å². The fraction of sp³-hybridized carbons (Fsp3) is 0. The predicted octanol–water partition coefficient (Wildman–Crippen LogP) is 1.08. The second kappa shape index (κ2) is 5.74. The van der Waals surface area contributed by atoms with Gasteiger partial charge in [-0.2, -0.15) is 16.8 Å². The first-order chi connectivity index (χ1) is 11.6. The maximum atomic E-state index is 12.1. The zero-order valence-electron chi connectivity index (χ0n) is 12.2. The standard InChI is InChI=1S/C14H10N2O7S2/c17-14-9-3-1-2-4-11(9)15-13(16-14)10-7-8(24(18,19)20)5-6-12(10)25(21,22)23/h1-7H,(H,15,16,17)(H,18,19,20)(H,21,22,23). The summed E-state index contributed by atoms with van der Waals surface area (Å²) in [5.41, 5.74) is -0.723. The highest BCUT2D eigenvalue weighted by Gasteiger charge is 2.22. The zero-order valence-corrected chi connectivity index (χ0v) is 13.9. The van der Waals surface area contributed by atoms with E-state index in [9.17, 15) is 26.2 Å². The molecule has 0 atom stereocenters. The number of hydrogen-bond acceptors (Lipinski definition) is 6. The molecule has 0 unspecified atom stereocenters. The summed E-state index contributed by atoms with van der Waals surface area (Å²) in [5, 5.41) is 0.241. The summed E-state index contributed by atoms with van der Waals surface area (Å²) in [6.45, 7) is 0. The lowest BCUT2D eigenvalue weighted by molar-refractivity contribution is 0.478. The molecule has 3 N–H and O–H groups in total. The van der Waals surface area contributed by atoms with E-state index in [0.29, 0.717) is 0 Å². The van der Waals surface area contributed by atoms with Crippen LogP contribution in [0.2, 0.25) is 0 Å². The van der Waals surface area contributed by atoms with Crippen LogP contribution in [0.15, 0.2) is 57.1 Å². The largest absolute Gasteiger partial charge is 0.306 e. The Balaban J connectivity index is 2.41. The Morgan fingerprint density at radius 3 is 2.24 bits per heavy atom. The summed E-state index contributed by atoms with van der Waals surface area (Å²) >= 11 is 0. The molecule has 2 aromatic carbocycles. The highest BCUT2D eigenvalue weighted by Crippen LogP contribution is 2.28. The SMILES string of the molecule is O=c1[nH]c(-c2cc(S(=O)(=O)O)ccc2S(=O)(=O)O)nc2ccccc12. The van der Waals surface area contributed by atoms with Gasteiger partial charge >= 0.3 is 0 Å². The summed E-state index contributed by atoms with van der Waals surface area (Å²) in [5.74, 6) is -0.276. The van der Waals surface area contributed by atoms with E-state index >= 15 is 0 Å². The van der Waals surface area contributed by atoms with E-state index in [4.69, 9.17) is 4.55 Å². The monoisotopic (exact) mass is 382 g/mol. The number of nitrogens with one attached hydrogen (secondary N) is 1. The van der Waals surface area contributed by atoms with E-state index < -0.39 is 35.6 Å². The van der Waals surface area contributed by atoms with Crippen LogP contribution in [-0.4, -0.2) is 35.9 Å². The Morgan fingerprint density at radius 2 is 1.60 bits per heavy atom. The molecule has 0 aliphatic carbocycles. The number of para-hydroxylation sites is 1. The van der Waals surface area contributed by atoms with Crippen LogP contribution in [0.3, 0.4) is 0 Å². The second-order valence-electron chi connectivity index (χ2n) is 5.04. The summed E-state index contributed by atoms with van der Waals surface area (Å²) in [4.78, 5) is 17.3. The number of rotatable bonds is 3. The molecule has 0 saturated carbocycles. The van der Waals surface area contributed by atoms with E-state index in [2.05, 4.69) is 9.97 Å². The number of aromatic amines is 1. The van der Waals surface area contributed by atoms with Gasteiger partial charge < -0.3 is 4.98 Å². The molecular weight excluding hydrogens is 372 g/mol. The fourth-order valence-corrected chi connectivity index (χ4v) is 3.47. The van der Waals surface area contributed by atoms with Gasteiger partial charge in [-0.3, -0.25) is 13.9 Å². The summed E-state index contributed by atoms with van der Waals surface area (Å²) in [6, 6.07) is 8.63. The predicted molar refractivity (Wildman–Crippen MR) is 87.4 cm³/mol. The van der Waals surface area contributed by atoms with Gasteiger partial charge in [-0.05, 0) is 30.3 Å². The molecular formula is C14H10N2O7S2. The number of fused-ring (bicyclic) bond motifs is 1. The molecule has 1 heterocycles. The van der Waals surface area contributed by atoms with Crippen molar-refractivity contribution in [2.45, 2.75) is 9.79 Å². The maximum Gasteiger partial charge on any atom is 0.295 e. The molecule has 130 valence electrons. The van der Waals surface area contributed by atoms with Crippen LogP contribution in [0, 0.1) is 0 Å². The lowest BCUT2D eigenvalue weighted by Crippen LogP contribution is -2.12. The van der Waals surface area contributed by atoms with Crippen molar-refractivity contribution >= 4 is 31.1 Å². The van der Waals surface area contributed by atoms with Crippen molar-refractivity contribution in [1.29, 1.82) is 0 Å². The third kappa shape index (κ3) is 3.30. The molecule has 0 aliphatic heterocycles. The van der Waals surface area contributed by atoms with Gasteiger partial charge in [0.2, 0.25) is 0 Å². The molecule has 11 heteroatoms. The molecule has 9 nitrogen and oxygen atoms in total. The molecule has 0 bridgehead atoms. The molecule has 25 heavy (non-hydrogen) atoms. The smallest absolute Gasteiger partial charge is 0.295 e. The molecule has 3 rings (SSSR count). The first-order valence-electron chi connectivity index (χ1n) is 6.66. The molecule has 0 saturated heterocycles. The molecule has 0 fully saturated rings. The average Bonchev–Trinajstić information content (AvgIpc) is 2.52. The topological polar surface area (TPSA) is 154 Å². The van der Waals surface area contributed by atoms with Crippen molar-refractivity contribution in [1.82, 2.24) is 9.97 Å². The second-order valence-corrected chi connectivity index (χ2v) is 7.85. The van der Waals surface area contributed by atoms with E-state index in [-0.39, 0.29) is 22.3 Å². The minimum atomic E-state index is -4.75. The quantitative estimate of drug-likeness (QED) is 0.569. The Morgan fingerprint density at radius 1 is 0.920 bits per heavy atom. The van der Waals surface area contributed by atoms with E-state index in [0.717, 1.165) is 18.2 Å². The molecule has 0 radical (unpaired) electrons. The summed E-state index contributed by atoms with van der Waals surface area (Å²) < 4.78 is 64.2. The van der Waals surface area contributed by atoms with Crippen molar-refractivity contribution in [2.75, 3.05) is 0 Å². The van der Waals surface area contributed by atoms with Crippen LogP contribution in [0.25, 0.3) is 22.3 Å². The maximum absolute atomic E-state index is 12.1. The number of nitrogens with zero attached hydrogens (tertiary/aromatic N) is 1. The van der Waals surface area contributed by atoms with Crippen molar-refractivity contribution in [3.8, 4) is 11.4 Å². The highest BCUT2D eigenvalue weighted by atomic mass is 32.2. The molecule has 3 aromatic rings. The van der Waals surface area contributed by atoms with Gasteiger partial charge in [0.1, 0.15) is 10.7 Å². The van der Waals surface area contributed by atoms with Crippen molar-refractivity contribution < 1.29 is 25.9 Å². The van der Waals surface area contributed by atoms with Crippen LogP contribution in [0.1, 0.15) is 0 Å². The number of aromatic nitrogens is 2. The average molecular weight is 382 g/mol. The van der Waals surface area contributed by atoms with Gasteiger partial charge in [0.15, 0.2) is 0 Å². The van der Waals surface area contributed by atoms with Crippen LogP contribution in [0.5, 0.6) is 0 Å². The third-order valence-corrected chi connectivity index (χ3v) is 5.16. The molecule has 0 amide bonds. The molecule has 1 aromatic heterocycles. The van der Waals surface area contributed by atoms with E-state index in [1.54, 1.807) is 12.1 Å². The Bertz CT molecular complexity index is 1260. The third-order valence-electron chi connectivity index (χ3n) is 3.39. The van der Waals surface area contributed by atoms with Crippen molar-refractivity contribution in [3.63, 3.8) is 0 Å². The first-order valence-corrected chi connectivity index (χ1v) is 9.54. The number of H-pyrrole nitrogens is 1. The van der Waals surface area contributed by atoms with Gasteiger partial charge in [0.05, 0.1) is 15.8 Å². The summed E-state index contributed by atoms with van der Waals surface area (Å²) in [7, 11) is -9.39. The van der Waals surface area contributed by atoms with Crippen molar-refractivity contribution in [2.24, 2.45) is 0 Å². The summed E-state index contributed by atoms with van der Waals surface area (Å²) in [6.07, 6.45) is 0. The minimum Gasteiger partial charge on any atom is -0.306 e. The van der Waals surface area contributed by atoms with Gasteiger partial charge in [-0.1, -0.05) is 12.1 Å². The van der Waals surface area contributed by atoms with Gasteiger partial charge in [0, 0.05) is 5.56 Å². The Labute approximate surface area is 141 Å². The first kappa shape index (κ1) is 17.2. The van der Waals surface area contributed by atoms with E-state index in [1.165, 1.54) is 12.1 Å². The van der Waals surface area contributed by atoms with Gasteiger partial charge in [-0.15, -0.1) is 0 Å². The minimum absolute atomic E-state index is 0.236. The van der Waals surface area contributed by atoms with Crippen LogP contribution >= 0.6 is 0 Å². The fourth-order valence-electron chi connectivity index (χ4n) is 2.29. The van der Waals surface area contributed by atoms with Crippen LogP contribution in [0.4, 0.5) is 0 Å². The number of hydrogen-bond donors (Lipinski definition) is 3. The Kier molecular flexibility index (Phi) is 3.95.